The number of aromatic nitrogens is 1. The zero-order chi connectivity index (χ0) is 13.4. The minimum atomic E-state index is -5.09. The van der Waals surface area contributed by atoms with Crippen LogP contribution in [0.1, 0.15) is 21.7 Å². The zero-order valence-corrected chi connectivity index (χ0v) is 7.86. The highest BCUT2D eigenvalue weighted by Gasteiger charge is 2.39. The van der Waals surface area contributed by atoms with Crippen LogP contribution in [0.15, 0.2) is 12.1 Å². The van der Waals surface area contributed by atoms with Crippen molar-refractivity contribution in [3.63, 3.8) is 0 Å². The molecule has 0 atom stereocenters. The molecule has 0 fully saturated rings. The smallest absolute Gasteiger partial charge is 0.366 e. The van der Waals surface area contributed by atoms with Gasteiger partial charge in [0.1, 0.15) is 11.4 Å². The van der Waals surface area contributed by atoms with Crippen molar-refractivity contribution in [1.82, 2.24) is 4.98 Å². The lowest BCUT2D eigenvalue weighted by Gasteiger charge is -2.11. The number of nitrogens with two attached hydrogens (primary N) is 1. The van der Waals surface area contributed by atoms with E-state index >= 15 is 0 Å². The maximum atomic E-state index is 12.2. The van der Waals surface area contributed by atoms with Crippen molar-refractivity contribution in [3.8, 4) is 0 Å². The SMILES string of the molecule is NC(=O)c1cc(C(F)(F)F)nc(C(F)(F)F)c1. The van der Waals surface area contributed by atoms with Crippen LogP contribution >= 0.6 is 0 Å². The summed E-state index contributed by atoms with van der Waals surface area (Å²) in [6.07, 6.45) is -10.2. The molecule has 0 aliphatic rings. The van der Waals surface area contributed by atoms with Gasteiger partial charge in [-0.25, -0.2) is 4.98 Å². The molecular formula is C8H4F6N2O. The number of carbonyl (C=O) groups excluding carboxylic acids is 1. The summed E-state index contributed by atoms with van der Waals surface area (Å²) in [5, 5.41) is 0. The molecule has 0 bridgehead atoms. The first-order chi connectivity index (χ1) is 7.51. The second kappa shape index (κ2) is 3.90. The number of hydrogen-bond acceptors (Lipinski definition) is 2. The molecule has 1 aromatic heterocycles. The van der Waals surface area contributed by atoms with E-state index in [1.54, 1.807) is 0 Å². The number of primary amides is 1. The lowest BCUT2D eigenvalue weighted by atomic mass is 10.1. The molecule has 1 aromatic rings. The fraction of sp³-hybridized carbons (Fsp3) is 0.250. The molecule has 0 spiro atoms. The molecule has 0 radical (unpaired) electrons. The Morgan fingerprint density at radius 1 is 1.00 bits per heavy atom. The third kappa shape index (κ3) is 3.08. The molecule has 1 amide bonds. The van der Waals surface area contributed by atoms with Gasteiger partial charge in [0.05, 0.1) is 0 Å². The van der Waals surface area contributed by atoms with Gasteiger partial charge in [-0.05, 0) is 12.1 Å². The molecule has 0 aromatic carbocycles. The lowest BCUT2D eigenvalue weighted by Crippen LogP contribution is -2.19. The van der Waals surface area contributed by atoms with Crippen molar-refractivity contribution >= 4 is 5.91 Å². The fourth-order valence-corrected chi connectivity index (χ4v) is 0.963. The number of pyridine rings is 1. The molecule has 17 heavy (non-hydrogen) atoms. The van der Waals surface area contributed by atoms with E-state index in [-0.39, 0.29) is 12.1 Å². The Kier molecular flexibility index (Phi) is 3.04. The van der Waals surface area contributed by atoms with Crippen LogP contribution in [0.5, 0.6) is 0 Å². The Hall–Kier alpha value is -1.80. The molecule has 1 rings (SSSR count). The molecule has 0 aliphatic heterocycles. The van der Waals surface area contributed by atoms with Gasteiger partial charge < -0.3 is 5.73 Å². The minimum absolute atomic E-state index is 0.164. The van der Waals surface area contributed by atoms with E-state index < -0.39 is 35.2 Å². The first-order valence-electron chi connectivity index (χ1n) is 3.98. The number of hydrogen-bond donors (Lipinski definition) is 1. The van der Waals surface area contributed by atoms with Crippen LogP contribution < -0.4 is 5.73 Å². The Labute approximate surface area is 90.2 Å². The Morgan fingerprint density at radius 2 is 1.35 bits per heavy atom. The Balaban J connectivity index is 3.45. The van der Waals surface area contributed by atoms with Gasteiger partial charge in [-0.2, -0.15) is 26.3 Å². The van der Waals surface area contributed by atoms with E-state index in [0.29, 0.717) is 0 Å². The summed E-state index contributed by atoms with van der Waals surface area (Å²) in [7, 11) is 0. The van der Waals surface area contributed by atoms with Gasteiger partial charge in [-0.15, -0.1) is 0 Å². The van der Waals surface area contributed by atoms with Crippen molar-refractivity contribution in [2.45, 2.75) is 12.4 Å². The lowest BCUT2D eigenvalue weighted by molar-refractivity contribution is -0.150. The highest BCUT2D eigenvalue weighted by molar-refractivity contribution is 5.93. The maximum Gasteiger partial charge on any atom is 0.433 e. The quantitative estimate of drug-likeness (QED) is 0.785. The third-order valence-corrected chi connectivity index (χ3v) is 1.69. The summed E-state index contributed by atoms with van der Waals surface area (Å²) in [6, 6.07) is 0.329. The minimum Gasteiger partial charge on any atom is -0.366 e. The predicted octanol–water partition coefficient (Wildman–Crippen LogP) is 2.22. The van der Waals surface area contributed by atoms with E-state index in [9.17, 15) is 31.1 Å². The highest BCUT2D eigenvalue weighted by atomic mass is 19.4. The third-order valence-electron chi connectivity index (χ3n) is 1.69. The van der Waals surface area contributed by atoms with Gasteiger partial charge in [0.25, 0.3) is 0 Å². The van der Waals surface area contributed by atoms with Gasteiger partial charge in [-0.3, -0.25) is 4.79 Å². The molecular weight excluding hydrogens is 254 g/mol. The predicted molar refractivity (Wildman–Crippen MR) is 42.8 cm³/mol. The fourth-order valence-electron chi connectivity index (χ4n) is 0.963. The standard InChI is InChI=1S/C8H4F6N2O/c9-7(10,11)4-1-3(6(15)17)2-5(16-4)8(12,13)14/h1-2H,(H2,15,17). The van der Waals surface area contributed by atoms with E-state index in [0.717, 1.165) is 0 Å². The summed E-state index contributed by atoms with van der Waals surface area (Å²) in [4.78, 5) is 13.0. The Bertz CT molecular complexity index is 418. The van der Waals surface area contributed by atoms with Crippen molar-refractivity contribution < 1.29 is 31.1 Å². The molecule has 9 heteroatoms. The average molecular weight is 258 g/mol. The van der Waals surface area contributed by atoms with Gasteiger partial charge >= 0.3 is 12.4 Å². The van der Waals surface area contributed by atoms with Gasteiger partial charge in [0.2, 0.25) is 5.91 Å². The van der Waals surface area contributed by atoms with E-state index in [2.05, 4.69) is 10.7 Å². The molecule has 0 saturated carbocycles. The van der Waals surface area contributed by atoms with E-state index in [1.165, 1.54) is 0 Å². The normalized spacial score (nSPS) is 12.6. The number of halogens is 6. The van der Waals surface area contributed by atoms with Crippen LogP contribution in [0, 0.1) is 0 Å². The van der Waals surface area contributed by atoms with E-state index in [1.807, 2.05) is 0 Å². The monoisotopic (exact) mass is 258 g/mol. The number of alkyl halides is 6. The van der Waals surface area contributed by atoms with Gasteiger partial charge in [0, 0.05) is 5.56 Å². The van der Waals surface area contributed by atoms with Crippen LogP contribution in [0.25, 0.3) is 0 Å². The molecule has 0 saturated heterocycles. The van der Waals surface area contributed by atoms with Crippen LogP contribution in [0.4, 0.5) is 26.3 Å². The van der Waals surface area contributed by atoms with Crippen LogP contribution in [-0.4, -0.2) is 10.9 Å². The van der Waals surface area contributed by atoms with Crippen molar-refractivity contribution in [2.75, 3.05) is 0 Å². The number of rotatable bonds is 1. The van der Waals surface area contributed by atoms with Crippen molar-refractivity contribution in [3.05, 3.63) is 29.1 Å². The van der Waals surface area contributed by atoms with Crippen LogP contribution in [-0.2, 0) is 12.4 Å². The van der Waals surface area contributed by atoms with Gasteiger partial charge in [-0.1, -0.05) is 0 Å². The first-order valence-corrected chi connectivity index (χ1v) is 3.98. The average Bonchev–Trinajstić information content (AvgIpc) is 2.14. The van der Waals surface area contributed by atoms with E-state index in [4.69, 9.17) is 0 Å². The van der Waals surface area contributed by atoms with Crippen molar-refractivity contribution in [2.24, 2.45) is 5.73 Å². The summed E-state index contributed by atoms with van der Waals surface area (Å²) >= 11 is 0. The summed E-state index contributed by atoms with van der Waals surface area (Å²) in [5.41, 5.74) is 0.0968. The number of carbonyl (C=O) groups is 1. The summed E-state index contributed by atoms with van der Waals surface area (Å²) in [6.45, 7) is 0. The largest absolute Gasteiger partial charge is 0.433 e. The molecule has 0 unspecified atom stereocenters. The maximum absolute atomic E-state index is 12.2. The Morgan fingerprint density at radius 3 is 1.59 bits per heavy atom. The number of amides is 1. The molecule has 1 heterocycles. The second-order valence-electron chi connectivity index (χ2n) is 2.99. The second-order valence-corrected chi connectivity index (χ2v) is 2.99. The summed E-state index contributed by atoms with van der Waals surface area (Å²) in [5.74, 6) is -1.40. The molecule has 2 N–H and O–H groups in total. The van der Waals surface area contributed by atoms with Gasteiger partial charge in [0.15, 0.2) is 0 Å². The van der Waals surface area contributed by atoms with Crippen LogP contribution in [0.2, 0.25) is 0 Å². The molecule has 0 aliphatic carbocycles. The van der Waals surface area contributed by atoms with Crippen LogP contribution in [0.3, 0.4) is 0 Å². The topological polar surface area (TPSA) is 56.0 Å². The number of nitrogens with zero attached hydrogens (tertiary/aromatic N) is 1. The first kappa shape index (κ1) is 13.3. The summed E-state index contributed by atoms with van der Waals surface area (Å²) < 4.78 is 73.3. The molecule has 3 nitrogen and oxygen atoms in total. The highest BCUT2D eigenvalue weighted by Crippen LogP contribution is 2.33. The zero-order valence-electron chi connectivity index (χ0n) is 7.86. The molecule has 94 valence electrons. The van der Waals surface area contributed by atoms with Crippen molar-refractivity contribution in [1.29, 1.82) is 0 Å².